The van der Waals surface area contributed by atoms with Gasteiger partial charge in [-0.2, -0.15) is 0 Å². The molecule has 0 unspecified atom stereocenters. The van der Waals surface area contributed by atoms with Gasteiger partial charge in [0.05, 0.1) is 12.1 Å². The predicted molar refractivity (Wildman–Crippen MR) is 58.5 cm³/mol. The average Bonchev–Trinajstić information content (AvgIpc) is 2.37. The van der Waals surface area contributed by atoms with Crippen LogP contribution >= 0.6 is 0 Å². The minimum Gasteiger partial charge on any atom is -0.491 e. The summed E-state index contributed by atoms with van der Waals surface area (Å²) in [6.45, 7) is 7.09. The molecule has 0 aliphatic carbocycles. The van der Waals surface area contributed by atoms with Crippen molar-refractivity contribution >= 4 is 5.91 Å². The van der Waals surface area contributed by atoms with Gasteiger partial charge in [-0.15, -0.1) is 0 Å². The van der Waals surface area contributed by atoms with E-state index in [1.807, 2.05) is 26.8 Å². The van der Waals surface area contributed by atoms with E-state index in [0.717, 1.165) is 16.9 Å². The monoisotopic (exact) mass is 205 g/mol. The Balaban J connectivity index is 2.68. The number of hydrogen-bond donors (Lipinski definition) is 1. The maximum Gasteiger partial charge on any atom is 0.255 e. The Kier molecular flexibility index (Phi) is 2.39. The lowest BCUT2D eigenvalue weighted by molar-refractivity contribution is 0.0956. The van der Waals surface area contributed by atoms with Crippen LogP contribution in [0.3, 0.4) is 0 Å². The van der Waals surface area contributed by atoms with Crippen LogP contribution in [0.2, 0.25) is 0 Å². The Morgan fingerprint density at radius 3 is 2.73 bits per heavy atom. The van der Waals surface area contributed by atoms with E-state index in [0.29, 0.717) is 18.7 Å². The summed E-state index contributed by atoms with van der Waals surface area (Å²) in [4.78, 5) is 11.8. The third-order valence-corrected chi connectivity index (χ3v) is 2.85. The van der Waals surface area contributed by atoms with Crippen molar-refractivity contribution < 1.29 is 9.53 Å². The first-order valence-electron chi connectivity index (χ1n) is 5.13. The molecule has 1 N–H and O–H groups in total. The number of aryl methyl sites for hydroxylation is 2. The number of nitrogens with one attached hydrogen (secondary N) is 1. The molecule has 80 valence electrons. The third kappa shape index (κ3) is 1.58. The number of amides is 1. The summed E-state index contributed by atoms with van der Waals surface area (Å²) < 4.78 is 5.63. The molecule has 1 aromatic carbocycles. The van der Waals surface area contributed by atoms with Crippen molar-refractivity contribution in [2.24, 2.45) is 0 Å². The highest BCUT2D eigenvalue weighted by atomic mass is 16.5. The normalized spacial score (nSPS) is 15.0. The Morgan fingerprint density at radius 1 is 1.27 bits per heavy atom. The molecule has 2 rings (SSSR count). The first-order chi connectivity index (χ1) is 7.11. The number of hydrogen-bond acceptors (Lipinski definition) is 2. The van der Waals surface area contributed by atoms with E-state index in [1.54, 1.807) is 0 Å². The van der Waals surface area contributed by atoms with Crippen LogP contribution in [0, 0.1) is 20.8 Å². The molecule has 3 nitrogen and oxygen atoms in total. The van der Waals surface area contributed by atoms with Crippen LogP contribution in [0.25, 0.3) is 0 Å². The quantitative estimate of drug-likeness (QED) is 0.700. The molecule has 0 fully saturated rings. The maximum absolute atomic E-state index is 11.8. The second kappa shape index (κ2) is 3.57. The summed E-state index contributed by atoms with van der Waals surface area (Å²) in [6, 6.07) is 2.03. The van der Waals surface area contributed by atoms with Crippen molar-refractivity contribution in [1.82, 2.24) is 5.32 Å². The Morgan fingerprint density at radius 2 is 2.00 bits per heavy atom. The van der Waals surface area contributed by atoms with E-state index in [2.05, 4.69) is 5.32 Å². The SMILES string of the molecule is Cc1cc(C)c2c(c1C)OCCNC2=O. The van der Waals surface area contributed by atoms with Gasteiger partial charge in [-0.3, -0.25) is 4.79 Å². The topological polar surface area (TPSA) is 38.3 Å². The number of benzene rings is 1. The summed E-state index contributed by atoms with van der Waals surface area (Å²) >= 11 is 0. The largest absolute Gasteiger partial charge is 0.491 e. The fourth-order valence-electron chi connectivity index (χ4n) is 1.92. The third-order valence-electron chi connectivity index (χ3n) is 2.85. The first-order valence-corrected chi connectivity index (χ1v) is 5.13. The molecule has 0 spiro atoms. The number of ether oxygens (including phenoxy) is 1. The molecular weight excluding hydrogens is 190 g/mol. The highest BCUT2D eigenvalue weighted by Crippen LogP contribution is 2.30. The molecule has 0 saturated heterocycles. The van der Waals surface area contributed by atoms with Gasteiger partial charge >= 0.3 is 0 Å². The van der Waals surface area contributed by atoms with Gasteiger partial charge in [0.15, 0.2) is 0 Å². The van der Waals surface area contributed by atoms with Crippen molar-refractivity contribution in [2.75, 3.05) is 13.2 Å². The van der Waals surface area contributed by atoms with Crippen LogP contribution in [0.4, 0.5) is 0 Å². The number of rotatable bonds is 0. The molecule has 0 bridgehead atoms. The summed E-state index contributed by atoms with van der Waals surface area (Å²) in [5.74, 6) is 0.727. The lowest BCUT2D eigenvalue weighted by atomic mass is 9.98. The van der Waals surface area contributed by atoms with Gasteiger partial charge in [-0.1, -0.05) is 6.07 Å². The second-order valence-electron chi connectivity index (χ2n) is 3.94. The molecule has 1 aliphatic rings. The van der Waals surface area contributed by atoms with Gasteiger partial charge in [0.1, 0.15) is 12.4 Å². The Labute approximate surface area is 89.4 Å². The zero-order valence-electron chi connectivity index (χ0n) is 9.31. The van der Waals surface area contributed by atoms with E-state index in [9.17, 15) is 4.79 Å². The minimum absolute atomic E-state index is 0.0249. The molecule has 1 aromatic rings. The lowest BCUT2D eigenvalue weighted by Gasteiger charge is -2.13. The zero-order chi connectivity index (χ0) is 11.0. The van der Waals surface area contributed by atoms with Crippen LogP contribution < -0.4 is 10.1 Å². The van der Waals surface area contributed by atoms with Gasteiger partial charge < -0.3 is 10.1 Å². The van der Waals surface area contributed by atoms with Gasteiger partial charge in [-0.05, 0) is 37.5 Å². The van der Waals surface area contributed by atoms with E-state index >= 15 is 0 Å². The molecule has 1 amide bonds. The smallest absolute Gasteiger partial charge is 0.255 e. The highest BCUT2D eigenvalue weighted by Gasteiger charge is 2.21. The molecule has 0 atom stereocenters. The average molecular weight is 205 g/mol. The summed E-state index contributed by atoms with van der Waals surface area (Å²) in [6.07, 6.45) is 0. The molecule has 3 heteroatoms. The van der Waals surface area contributed by atoms with Gasteiger partial charge in [-0.25, -0.2) is 0 Å². The standard InChI is InChI=1S/C12H15NO2/c1-7-6-8(2)10-11(9(7)3)15-5-4-13-12(10)14/h6H,4-5H2,1-3H3,(H,13,14). The van der Waals surface area contributed by atoms with Crippen LogP contribution in [0.5, 0.6) is 5.75 Å². The number of carbonyl (C=O) groups excluding carboxylic acids is 1. The predicted octanol–water partition coefficient (Wildman–Crippen LogP) is 1.73. The highest BCUT2D eigenvalue weighted by molar-refractivity contribution is 5.99. The van der Waals surface area contributed by atoms with Crippen molar-refractivity contribution in [3.63, 3.8) is 0 Å². The van der Waals surface area contributed by atoms with E-state index in [-0.39, 0.29) is 5.91 Å². The van der Waals surface area contributed by atoms with E-state index in [4.69, 9.17) is 4.74 Å². The second-order valence-corrected chi connectivity index (χ2v) is 3.94. The van der Waals surface area contributed by atoms with Gasteiger partial charge in [0.25, 0.3) is 5.91 Å². The molecule has 0 saturated carbocycles. The lowest BCUT2D eigenvalue weighted by Crippen LogP contribution is -2.24. The van der Waals surface area contributed by atoms with Crippen LogP contribution in [0.1, 0.15) is 27.0 Å². The van der Waals surface area contributed by atoms with Gasteiger partial charge in [0.2, 0.25) is 0 Å². The Bertz CT molecular complexity index is 424. The van der Waals surface area contributed by atoms with E-state index < -0.39 is 0 Å². The van der Waals surface area contributed by atoms with E-state index in [1.165, 1.54) is 5.56 Å². The fraction of sp³-hybridized carbons (Fsp3) is 0.417. The molecular formula is C12H15NO2. The maximum atomic E-state index is 11.8. The summed E-state index contributed by atoms with van der Waals surface area (Å²) in [5.41, 5.74) is 3.90. The van der Waals surface area contributed by atoms with Crippen molar-refractivity contribution in [2.45, 2.75) is 20.8 Å². The summed E-state index contributed by atoms with van der Waals surface area (Å²) in [7, 11) is 0. The zero-order valence-corrected chi connectivity index (χ0v) is 9.31. The Hall–Kier alpha value is -1.51. The molecule has 15 heavy (non-hydrogen) atoms. The van der Waals surface area contributed by atoms with Crippen molar-refractivity contribution in [3.8, 4) is 5.75 Å². The molecule has 1 aliphatic heterocycles. The minimum atomic E-state index is -0.0249. The van der Waals surface area contributed by atoms with Crippen LogP contribution in [-0.4, -0.2) is 19.1 Å². The molecule has 0 aromatic heterocycles. The fourth-order valence-corrected chi connectivity index (χ4v) is 1.92. The number of carbonyl (C=O) groups is 1. The van der Waals surface area contributed by atoms with Crippen molar-refractivity contribution in [1.29, 1.82) is 0 Å². The molecule has 0 radical (unpaired) electrons. The van der Waals surface area contributed by atoms with Gasteiger partial charge in [0, 0.05) is 0 Å². The number of fused-ring (bicyclic) bond motifs is 1. The first kappa shape index (κ1) is 10.0. The van der Waals surface area contributed by atoms with Crippen LogP contribution in [0.15, 0.2) is 6.07 Å². The van der Waals surface area contributed by atoms with Crippen LogP contribution in [-0.2, 0) is 0 Å². The van der Waals surface area contributed by atoms with Crippen molar-refractivity contribution in [3.05, 3.63) is 28.3 Å². The summed E-state index contributed by atoms with van der Waals surface area (Å²) in [5, 5.41) is 2.82. The molecule has 1 heterocycles.